The molecule has 2 aliphatic rings. The van der Waals surface area contributed by atoms with Crippen molar-refractivity contribution in [1.82, 2.24) is 0 Å². The fraction of sp³-hybridized carbons (Fsp3) is 0.400. The normalized spacial score (nSPS) is 21.1. The van der Waals surface area contributed by atoms with Crippen LogP contribution in [0.3, 0.4) is 0 Å². The zero-order valence-corrected chi connectivity index (χ0v) is 16.0. The summed E-state index contributed by atoms with van der Waals surface area (Å²) in [5.74, 6) is -1.81. The highest BCUT2D eigenvalue weighted by Gasteiger charge is 2.46. The molecule has 0 unspecified atom stereocenters. The number of allylic oxidation sites excluding steroid dienone is 2. The van der Waals surface area contributed by atoms with Gasteiger partial charge in [-0.05, 0) is 12.3 Å². The molecule has 1 aromatic carbocycles. The van der Waals surface area contributed by atoms with E-state index in [0.29, 0.717) is 12.2 Å². The van der Waals surface area contributed by atoms with Gasteiger partial charge in [-0.1, -0.05) is 32.0 Å². The highest BCUT2D eigenvalue weighted by molar-refractivity contribution is 6.04. The SMILES string of the molecule is CCOC(=O)C1=C(N)OC2=C(C(=O)CC(C)(C)C2)[C@H]1c1ccccc1[N+](=O)[O-]. The van der Waals surface area contributed by atoms with Crippen LogP contribution in [0.25, 0.3) is 0 Å². The van der Waals surface area contributed by atoms with Crippen LogP contribution in [-0.2, 0) is 19.1 Å². The standard InChI is InChI=1S/C20H22N2O6/c1-4-27-19(24)17-15(11-7-5-6-8-12(11)22(25)26)16-13(23)9-20(2,3)10-14(16)28-18(17)21/h5-8,15H,4,9-10,21H2,1-3H3/t15-/m1/s1. The van der Waals surface area contributed by atoms with Crippen LogP contribution in [0, 0.1) is 15.5 Å². The molecule has 0 radical (unpaired) electrons. The number of nitrogens with two attached hydrogens (primary N) is 1. The van der Waals surface area contributed by atoms with Gasteiger partial charge < -0.3 is 15.2 Å². The number of carbonyl (C=O) groups excluding carboxylic acids is 2. The Morgan fingerprint density at radius 3 is 2.68 bits per heavy atom. The summed E-state index contributed by atoms with van der Waals surface area (Å²) in [5, 5.41) is 11.6. The smallest absolute Gasteiger partial charge is 0.340 e. The van der Waals surface area contributed by atoms with Gasteiger partial charge in [0.25, 0.3) is 5.69 Å². The second-order valence-corrected chi connectivity index (χ2v) is 7.63. The molecule has 0 saturated carbocycles. The van der Waals surface area contributed by atoms with Crippen molar-refractivity contribution in [2.45, 2.75) is 39.5 Å². The molecule has 0 saturated heterocycles. The van der Waals surface area contributed by atoms with E-state index in [1.54, 1.807) is 13.0 Å². The molecule has 0 spiro atoms. The summed E-state index contributed by atoms with van der Waals surface area (Å²) in [7, 11) is 0. The minimum absolute atomic E-state index is 0.0806. The number of nitro benzene ring substituents is 1. The summed E-state index contributed by atoms with van der Waals surface area (Å²) >= 11 is 0. The van der Waals surface area contributed by atoms with Crippen molar-refractivity contribution < 1.29 is 24.0 Å². The first kappa shape index (κ1) is 19.6. The number of nitrogens with zero attached hydrogens (tertiary/aromatic N) is 1. The molecule has 3 rings (SSSR count). The fourth-order valence-corrected chi connectivity index (χ4v) is 3.80. The summed E-state index contributed by atoms with van der Waals surface area (Å²) in [5.41, 5.74) is 5.87. The van der Waals surface area contributed by atoms with E-state index in [2.05, 4.69) is 0 Å². The number of benzene rings is 1. The maximum Gasteiger partial charge on any atom is 0.340 e. The lowest BCUT2D eigenvalue weighted by Gasteiger charge is -2.37. The van der Waals surface area contributed by atoms with Gasteiger partial charge in [-0.15, -0.1) is 0 Å². The van der Waals surface area contributed by atoms with Gasteiger partial charge in [0.2, 0.25) is 5.88 Å². The first-order valence-electron chi connectivity index (χ1n) is 9.00. The van der Waals surface area contributed by atoms with Gasteiger partial charge in [-0.2, -0.15) is 0 Å². The lowest BCUT2D eigenvalue weighted by Crippen LogP contribution is -2.36. The van der Waals surface area contributed by atoms with Crippen LogP contribution < -0.4 is 5.73 Å². The molecule has 0 amide bonds. The average Bonchev–Trinajstić information content (AvgIpc) is 2.59. The number of nitro groups is 1. The number of Topliss-reactive ketones (excluding diaryl/α,β-unsaturated/α-hetero) is 1. The van der Waals surface area contributed by atoms with Crippen molar-refractivity contribution >= 4 is 17.4 Å². The molecule has 28 heavy (non-hydrogen) atoms. The molecule has 1 aliphatic carbocycles. The Morgan fingerprint density at radius 1 is 1.36 bits per heavy atom. The molecule has 2 N–H and O–H groups in total. The van der Waals surface area contributed by atoms with Crippen molar-refractivity contribution in [3.05, 3.63) is 62.7 Å². The Balaban J connectivity index is 2.26. The lowest BCUT2D eigenvalue weighted by molar-refractivity contribution is -0.385. The van der Waals surface area contributed by atoms with E-state index in [4.69, 9.17) is 15.2 Å². The Morgan fingerprint density at radius 2 is 2.04 bits per heavy atom. The molecule has 1 aliphatic heterocycles. The van der Waals surface area contributed by atoms with Crippen LogP contribution in [-0.4, -0.2) is 23.3 Å². The van der Waals surface area contributed by atoms with Gasteiger partial charge in [0.05, 0.1) is 17.4 Å². The van der Waals surface area contributed by atoms with E-state index in [0.717, 1.165) is 0 Å². The highest BCUT2D eigenvalue weighted by Crippen LogP contribution is 2.49. The van der Waals surface area contributed by atoms with Gasteiger partial charge in [0.1, 0.15) is 11.3 Å². The number of esters is 1. The average molecular weight is 386 g/mol. The van der Waals surface area contributed by atoms with Crippen molar-refractivity contribution in [1.29, 1.82) is 0 Å². The summed E-state index contributed by atoms with van der Waals surface area (Å²) in [6.45, 7) is 5.58. The minimum Gasteiger partial charge on any atom is -0.462 e. The van der Waals surface area contributed by atoms with E-state index in [9.17, 15) is 19.7 Å². The number of hydrogen-bond acceptors (Lipinski definition) is 7. The van der Waals surface area contributed by atoms with Crippen LogP contribution in [0.1, 0.15) is 45.1 Å². The van der Waals surface area contributed by atoms with Crippen molar-refractivity contribution in [2.24, 2.45) is 11.1 Å². The minimum atomic E-state index is -1.01. The molecule has 8 heteroatoms. The van der Waals surface area contributed by atoms with Crippen LogP contribution in [0.15, 0.2) is 47.1 Å². The maximum atomic E-state index is 13.0. The van der Waals surface area contributed by atoms with E-state index in [-0.39, 0.29) is 52.5 Å². The van der Waals surface area contributed by atoms with Gasteiger partial charge in [0, 0.05) is 30.0 Å². The first-order valence-corrected chi connectivity index (χ1v) is 9.00. The summed E-state index contributed by atoms with van der Waals surface area (Å²) in [6, 6.07) is 6.01. The fourth-order valence-electron chi connectivity index (χ4n) is 3.80. The molecule has 8 nitrogen and oxygen atoms in total. The van der Waals surface area contributed by atoms with Crippen LogP contribution in [0.2, 0.25) is 0 Å². The number of ether oxygens (including phenoxy) is 2. The maximum absolute atomic E-state index is 13.0. The van der Waals surface area contributed by atoms with E-state index in [1.807, 2.05) is 13.8 Å². The predicted molar refractivity (Wildman–Crippen MR) is 99.8 cm³/mol. The van der Waals surface area contributed by atoms with E-state index >= 15 is 0 Å². The zero-order valence-electron chi connectivity index (χ0n) is 16.0. The molecular formula is C20H22N2O6. The topological polar surface area (TPSA) is 122 Å². The summed E-state index contributed by atoms with van der Waals surface area (Å²) in [4.78, 5) is 36.7. The Bertz CT molecular complexity index is 928. The van der Waals surface area contributed by atoms with E-state index in [1.165, 1.54) is 18.2 Å². The summed E-state index contributed by atoms with van der Waals surface area (Å²) < 4.78 is 10.8. The van der Waals surface area contributed by atoms with Crippen molar-refractivity contribution in [2.75, 3.05) is 6.61 Å². The Kier molecular flexibility index (Phi) is 4.97. The van der Waals surface area contributed by atoms with Crippen LogP contribution >= 0.6 is 0 Å². The monoisotopic (exact) mass is 386 g/mol. The third-order valence-corrected chi connectivity index (χ3v) is 4.89. The number of ketones is 1. The molecule has 0 bridgehead atoms. The molecular weight excluding hydrogens is 364 g/mol. The largest absolute Gasteiger partial charge is 0.462 e. The van der Waals surface area contributed by atoms with E-state index < -0.39 is 16.8 Å². The van der Waals surface area contributed by atoms with Crippen molar-refractivity contribution in [3.63, 3.8) is 0 Å². The van der Waals surface area contributed by atoms with Gasteiger partial charge in [0.15, 0.2) is 5.78 Å². The Labute approximate surface area is 162 Å². The quantitative estimate of drug-likeness (QED) is 0.479. The van der Waals surface area contributed by atoms with Gasteiger partial charge in [-0.25, -0.2) is 4.79 Å². The highest BCUT2D eigenvalue weighted by atomic mass is 16.6. The zero-order chi connectivity index (χ0) is 20.6. The predicted octanol–water partition coefficient (Wildman–Crippen LogP) is 3.09. The van der Waals surface area contributed by atoms with Crippen LogP contribution in [0.5, 0.6) is 0 Å². The molecule has 1 aromatic rings. The molecule has 0 fully saturated rings. The second kappa shape index (κ2) is 7.10. The third kappa shape index (κ3) is 3.37. The molecule has 0 aromatic heterocycles. The molecule has 1 heterocycles. The second-order valence-electron chi connectivity index (χ2n) is 7.63. The summed E-state index contributed by atoms with van der Waals surface area (Å²) in [6.07, 6.45) is 0.671. The number of rotatable bonds is 4. The van der Waals surface area contributed by atoms with Crippen molar-refractivity contribution in [3.8, 4) is 0 Å². The van der Waals surface area contributed by atoms with Crippen LogP contribution in [0.4, 0.5) is 5.69 Å². The van der Waals surface area contributed by atoms with Gasteiger partial charge >= 0.3 is 5.97 Å². The Hall–Kier alpha value is -3.16. The number of hydrogen-bond donors (Lipinski definition) is 1. The number of para-hydroxylation sites is 1. The third-order valence-electron chi connectivity index (χ3n) is 4.89. The molecule has 148 valence electrons. The van der Waals surface area contributed by atoms with Gasteiger partial charge in [-0.3, -0.25) is 14.9 Å². The first-order chi connectivity index (χ1) is 13.2. The number of carbonyl (C=O) groups is 2. The lowest BCUT2D eigenvalue weighted by atomic mass is 9.70. The molecule has 1 atom stereocenters.